The molecular formula is C6H5CoN-. The third-order valence-electron chi connectivity index (χ3n) is 0.688. The monoisotopic (exact) mass is 150 g/mol. The molecule has 0 saturated heterocycles. The summed E-state index contributed by atoms with van der Waals surface area (Å²) in [5.41, 5.74) is 0.572. The zero-order chi connectivity index (χ0) is 5.11. The summed E-state index contributed by atoms with van der Waals surface area (Å²) in [4.78, 5) is 3.76. The minimum Gasteiger partial charge on any atom is -0.297 e. The van der Waals surface area contributed by atoms with Gasteiger partial charge in [-0.05, 0) is 0 Å². The summed E-state index contributed by atoms with van der Waals surface area (Å²) < 4.78 is 0. The maximum absolute atomic E-state index is 5.25. The van der Waals surface area contributed by atoms with E-state index in [9.17, 15) is 0 Å². The van der Waals surface area contributed by atoms with Gasteiger partial charge in [-0.1, -0.05) is 6.07 Å². The van der Waals surface area contributed by atoms with E-state index in [2.05, 4.69) is 4.98 Å². The SMILES string of the molecule is [CH-]c1ccccn1.[Co]. The Bertz CT molecular complexity index is 138. The van der Waals surface area contributed by atoms with Crippen LogP contribution in [0, 0.1) is 6.92 Å². The van der Waals surface area contributed by atoms with Crippen LogP contribution in [-0.2, 0) is 16.8 Å². The Morgan fingerprint density at radius 3 is 2.38 bits per heavy atom. The zero-order valence-electron chi connectivity index (χ0n) is 4.17. The Morgan fingerprint density at radius 2 is 2.12 bits per heavy atom. The van der Waals surface area contributed by atoms with E-state index in [0.717, 1.165) is 0 Å². The predicted molar refractivity (Wildman–Crippen MR) is 27.6 cm³/mol. The minimum absolute atomic E-state index is 0. The van der Waals surface area contributed by atoms with Crippen molar-refractivity contribution in [2.45, 2.75) is 0 Å². The molecule has 1 rings (SSSR count). The number of pyridine rings is 1. The van der Waals surface area contributed by atoms with Crippen molar-refractivity contribution in [3.63, 3.8) is 0 Å². The molecule has 1 aromatic heterocycles. The van der Waals surface area contributed by atoms with Crippen LogP contribution in [0.3, 0.4) is 0 Å². The Labute approximate surface area is 59.3 Å². The van der Waals surface area contributed by atoms with Crippen molar-refractivity contribution < 1.29 is 16.8 Å². The van der Waals surface area contributed by atoms with Crippen molar-refractivity contribution in [1.29, 1.82) is 0 Å². The van der Waals surface area contributed by atoms with Crippen LogP contribution in [0.15, 0.2) is 24.4 Å². The minimum atomic E-state index is 0. The van der Waals surface area contributed by atoms with Crippen molar-refractivity contribution in [2.75, 3.05) is 0 Å². The molecule has 0 spiro atoms. The molecule has 2 radical (unpaired) electrons. The van der Waals surface area contributed by atoms with Gasteiger partial charge in [-0.15, -0.1) is 11.8 Å². The molecule has 2 heteroatoms. The molecule has 0 amide bonds. The molecule has 8 heavy (non-hydrogen) atoms. The van der Waals surface area contributed by atoms with E-state index < -0.39 is 0 Å². The van der Waals surface area contributed by atoms with Crippen molar-refractivity contribution in [3.05, 3.63) is 37.0 Å². The van der Waals surface area contributed by atoms with Crippen molar-refractivity contribution in [3.8, 4) is 0 Å². The van der Waals surface area contributed by atoms with E-state index in [1.165, 1.54) is 0 Å². The number of hydrogen-bond donors (Lipinski definition) is 0. The van der Waals surface area contributed by atoms with E-state index >= 15 is 0 Å². The second-order valence-electron chi connectivity index (χ2n) is 1.25. The molecule has 0 unspecified atom stereocenters. The van der Waals surface area contributed by atoms with Gasteiger partial charge in [0.15, 0.2) is 0 Å². The average Bonchev–Trinajstić information content (AvgIpc) is 1.69. The molecule has 0 N–H and O–H groups in total. The molecule has 0 aliphatic carbocycles. The molecule has 0 aromatic carbocycles. The third kappa shape index (κ3) is 2.00. The second-order valence-corrected chi connectivity index (χ2v) is 1.25. The number of hydrogen-bond acceptors (Lipinski definition) is 1. The van der Waals surface area contributed by atoms with Crippen LogP contribution in [0.5, 0.6) is 0 Å². The first kappa shape index (κ1) is 7.53. The van der Waals surface area contributed by atoms with Gasteiger partial charge in [-0.25, -0.2) is 0 Å². The largest absolute Gasteiger partial charge is 0.297 e. The van der Waals surface area contributed by atoms with Crippen LogP contribution in [0.2, 0.25) is 0 Å². The molecule has 1 heterocycles. The molecule has 0 fully saturated rings. The van der Waals surface area contributed by atoms with Crippen LogP contribution in [-0.4, -0.2) is 4.98 Å². The van der Waals surface area contributed by atoms with Crippen molar-refractivity contribution in [2.24, 2.45) is 0 Å². The standard InChI is InChI=1S/C6H5N.Co/c1-6-4-2-3-5-7-6;/h1-5H;/q-1;. The van der Waals surface area contributed by atoms with Gasteiger partial charge in [0.2, 0.25) is 0 Å². The zero-order valence-corrected chi connectivity index (χ0v) is 5.21. The summed E-state index contributed by atoms with van der Waals surface area (Å²) in [6.45, 7) is 5.25. The fraction of sp³-hybridized carbons (Fsp3) is 0. The van der Waals surface area contributed by atoms with Crippen LogP contribution in [0.1, 0.15) is 5.69 Å². The van der Waals surface area contributed by atoms with Gasteiger partial charge in [0, 0.05) is 23.0 Å². The first-order chi connectivity index (χ1) is 3.39. The van der Waals surface area contributed by atoms with Crippen LogP contribution < -0.4 is 0 Å². The number of rotatable bonds is 0. The molecule has 1 aromatic rings. The van der Waals surface area contributed by atoms with E-state index in [-0.39, 0.29) is 16.8 Å². The van der Waals surface area contributed by atoms with Gasteiger partial charge in [-0.3, -0.25) is 11.9 Å². The fourth-order valence-corrected chi connectivity index (χ4v) is 0.376. The molecule has 1 nitrogen and oxygen atoms in total. The van der Waals surface area contributed by atoms with Crippen molar-refractivity contribution in [1.82, 2.24) is 4.98 Å². The summed E-state index contributed by atoms with van der Waals surface area (Å²) in [6, 6.07) is 5.43. The van der Waals surface area contributed by atoms with Crippen LogP contribution in [0.25, 0.3) is 0 Å². The van der Waals surface area contributed by atoms with E-state index in [1.54, 1.807) is 12.3 Å². The molecule has 44 valence electrons. The van der Waals surface area contributed by atoms with Crippen LogP contribution in [0.4, 0.5) is 0 Å². The molecule has 0 aliphatic rings. The topological polar surface area (TPSA) is 12.9 Å². The Morgan fingerprint density at radius 1 is 1.38 bits per heavy atom. The fourth-order valence-electron chi connectivity index (χ4n) is 0.376. The van der Waals surface area contributed by atoms with Gasteiger partial charge in [0.1, 0.15) is 0 Å². The molecular weight excluding hydrogens is 145 g/mol. The summed E-state index contributed by atoms with van der Waals surface area (Å²) in [7, 11) is 0. The van der Waals surface area contributed by atoms with Crippen molar-refractivity contribution >= 4 is 0 Å². The van der Waals surface area contributed by atoms with Crippen LogP contribution >= 0.6 is 0 Å². The Hall–Kier alpha value is -0.474. The Kier molecular flexibility index (Phi) is 3.31. The molecule has 0 atom stereocenters. The second kappa shape index (κ2) is 3.52. The summed E-state index contributed by atoms with van der Waals surface area (Å²) in [6.07, 6.45) is 1.66. The van der Waals surface area contributed by atoms with E-state index in [1.807, 2.05) is 12.1 Å². The quantitative estimate of drug-likeness (QED) is 0.505. The maximum Gasteiger partial charge on any atom is 0.0222 e. The third-order valence-corrected chi connectivity index (χ3v) is 0.688. The first-order valence-electron chi connectivity index (χ1n) is 2.06. The summed E-state index contributed by atoms with van der Waals surface area (Å²) >= 11 is 0. The van der Waals surface area contributed by atoms with Gasteiger partial charge in [0.05, 0.1) is 0 Å². The number of aromatic nitrogens is 1. The molecule has 0 bridgehead atoms. The molecule has 0 aliphatic heterocycles. The van der Waals surface area contributed by atoms with Gasteiger partial charge < -0.3 is 0 Å². The summed E-state index contributed by atoms with van der Waals surface area (Å²) in [5.74, 6) is 0. The molecule has 0 saturated carbocycles. The number of nitrogens with zero attached hydrogens (tertiary/aromatic N) is 1. The summed E-state index contributed by atoms with van der Waals surface area (Å²) in [5, 5.41) is 0. The van der Waals surface area contributed by atoms with Gasteiger partial charge >= 0.3 is 0 Å². The predicted octanol–water partition coefficient (Wildman–Crippen LogP) is 1.14. The average molecular weight is 150 g/mol. The maximum atomic E-state index is 5.25. The first-order valence-corrected chi connectivity index (χ1v) is 2.06. The van der Waals surface area contributed by atoms with E-state index in [4.69, 9.17) is 6.92 Å². The Balaban J connectivity index is 0.000000490. The smallest absolute Gasteiger partial charge is 0.0222 e. The van der Waals surface area contributed by atoms with E-state index in [0.29, 0.717) is 5.69 Å². The van der Waals surface area contributed by atoms with Gasteiger partial charge in [0.25, 0.3) is 0 Å². The normalized spacial score (nSPS) is 7.50. The van der Waals surface area contributed by atoms with Gasteiger partial charge in [-0.2, -0.15) is 6.07 Å².